The molecule has 0 spiro atoms. The van der Waals surface area contributed by atoms with E-state index in [9.17, 15) is 0 Å². The van der Waals surface area contributed by atoms with Gasteiger partial charge in [0, 0.05) is 17.2 Å². The molecule has 17 heavy (non-hydrogen) atoms. The lowest BCUT2D eigenvalue weighted by Crippen LogP contribution is -2.14. The summed E-state index contributed by atoms with van der Waals surface area (Å²) in [5.74, 6) is 0.476. The van der Waals surface area contributed by atoms with Gasteiger partial charge in [0.15, 0.2) is 0 Å². The van der Waals surface area contributed by atoms with E-state index in [1.807, 2.05) is 42.2 Å². The van der Waals surface area contributed by atoms with E-state index in [0.717, 1.165) is 16.7 Å². The molecule has 0 amide bonds. The number of aromatic nitrogens is 2. The molecule has 1 aromatic heterocycles. The van der Waals surface area contributed by atoms with Crippen LogP contribution in [0.2, 0.25) is 0 Å². The molecule has 90 valence electrons. The third-order valence-electron chi connectivity index (χ3n) is 2.77. The maximum atomic E-state index is 4.39. The predicted octanol–water partition coefficient (Wildman–Crippen LogP) is 2.96. The molecule has 0 aliphatic carbocycles. The predicted molar refractivity (Wildman–Crippen MR) is 73.6 cm³/mol. The van der Waals surface area contributed by atoms with E-state index in [2.05, 4.69) is 39.5 Å². The highest BCUT2D eigenvalue weighted by Gasteiger charge is 2.07. The van der Waals surface area contributed by atoms with Crippen molar-refractivity contribution in [2.75, 3.05) is 13.6 Å². The number of halogens is 1. The SMILES string of the molecule is CNCC(C)c1cnn(-c2ccc(Br)cc2)c1. The molecule has 0 aliphatic heterocycles. The minimum absolute atomic E-state index is 0.476. The summed E-state index contributed by atoms with van der Waals surface area (Å²) < 4.78 is 2.99. The number of hydrogen-bond donors (Lipinski definition) is 1. The monoisotopic (exact) mass is 293 g/mol. The van der Waals surface area contributed by atoms with Crippen LogP contribution in [0.3, 0.4) is 0 Å². The number of nitrogens with zero attached hydrogens (tertiary/aromatic N) is 2. The average Bonchev–Trinajstić information content (AvgIpc) is 2.80. The van der Waals surface area contributed by atoms with Crippen LogP contribution in [0, 0.1) is 0 Å². The van der Waals surface area contributed by atoms with Gasteiger partial charge in [-0.1, -0.05) is 22.9 Å². The van der Waals surface area contributed by atoms with Crippen LogP contribution >= 0.6 is 15.9 Å². The fraction of sp³-hybridized carbons (Fsp3) is 0.308. The average molecular weight is 294 g/mol. The fourth-order valence-electron chi connectivity index (χ4n) is 1.75. The molecule has 1 aromatic carbocycles. The first kappa shape index (κ1) is 12.3. The molecule has 0 radical (unpaired) electrons. The maximum Gasteiger partial charge on any atom is 0.0646 e. The van der Waals surface area contributed by atoms with Crippen molar-refractivity contribution in [1.29, 1.82) is 0 Å². The highest BCUT2D eigenvalue weighted by Crippen LogP contribution is 2.17. The van der Waals surface area contributed by atoms with Crippen molar-refractivity contribution in [2.24, 2.45) is 0 Å². The second kappa shape index (κ2) is 5.47. The van der Waals surface area contributed by atoms with E-state index in [1.54, 1.807) is 0 Å². The van der Waals surface area contributed by atoms with Gasteiger partial charge in [-0.25, -0.2) is 4.68 Å². The third-order valence-corrected chi connectivity index (χ3v) is 3.30. The van der Waals surface area contributed by atoms with Gasteiger partial charge in [-0.2, -0.15) is 5.10 Å². The van der Waals surface area contributed by atoms with Gasteiger partial charge in [0.05, 0.1) is 11.9 Å². The molecule has 1 N–H and O–H groups in total. The lowest BCUT2D eigenvalue weighted by atomic mass is 10.1. The maximum absolute atomic E-state index is 4.39. The smallest absolute Gasteiger partial charge is 0.0646 e. The molecule has 1 heterocycles. The van der Waals surface area contributed by atoms with Gasteiger partial charge in [0.25, 0.3) is 0 Å². The summed E-state index contributed by atoms with van der Waals surface area (Å²) in [6, 6.07) is 8.13. The summed E-state index contributed by atoms with van der Waals surface area (Å²) in [5.41, 5.74) is 2.33. The zero-order chi connectivity index (χ0) is 12.3. The van der Waals surface area contributed by atoms with E-state index in [4.69, 9.17) is 0 Å². The third kappa shape index (κ3) is 2.96. The van der Waals surface area contributed by atoms with Crippen molar-refractivity contribution in [2.45, 2.75) is 12.8 Å². The molecule has 4 heteroatoms. The Bertz CT molecular complexity index is 476. The van der Waals surface area contributed by atoms with Gasteiger partial charge in [0.2, 0.25) is 0 Å². The second-order valence-corrected chi connectivity index (χ2v) is 5.07. The van der Waals surface area contributed by atoms with Gasteiger partial charge in [-0.3, -0.25) is 0 Å². The number of rotatable bonds is 4. The highest BCUT2D eigenvalue weighted by molar-refractivity contribution is 9.10. The second-order valence-electron chi connectivity index (χ2n) is 4.15. The van der Waals surface area contributed by atoms with Crippen molar-refractivity contribution in [3.05, 3.63) is 46.7 Å². The Hall–Kier alpha value is -1.13. The number of nitrogens with one attached hydrogen (secondary N) is 1. The minimum atomic E-state index is 0.476. The molecular formula is C13H16BrN3. The zero-order valence-electron chi connectivity index (χ0n) is 10.0. The standard InChI is InChI=1S/C13H16BrN3/c1-10(7-15-2)11-8-16-17(9-11)13-5-3-12(14)4-6-13/h3-6,8-10,15H,7H2,1-2H3. The Morgan fingerprint density at radius 2 is 2.06 bits per heavy atom. The summed E-state index contributed by atoms with van der Waals surface area (Å²) in [6.45, 7) is 3.16. The highest BCUT2D eigenvalue weighted by atomic mass is 79.9. The fourth-order valence-corrected chi connectivity index (χ4v) is 2.01. The Kier molecular flexibility index (Phi) is 3.97. The summed E-state index contributed by atoms with van der Waals surface area (Å²) in [4.78, 5) is 0. The molecule has 3 nitrogen and oxygen atoms in total. The van der Waals surface area contributed by atoms with Crippen molar-refractivity contribution in [1.82, 2.24) is 15.1 Å². The summed E-state index contributed by atoms with van der Waals surface area (Å²) in [6.07, 6.45) is 4.02. The molecular weight excluding hydrogens is 278 g/mol. The quantitative estimate of drug-likeness (QED) is 0.939. The van der Waals surface area contributed by atoms with Crippen LogP contribution in [0.1, 0.15) is 18.4 Å². The van der Waals surface area contributed by atoms with Crippen LogP contribution in [0.15, 0.2) is 41.1 Å². The molecule has 0 saturated carbocycles. The van der Waals surface area contributed by atoms with Gasteiger partial charge in [0.1, 0.15) is 0 Å². The normalized spacial score (nSPS) is 12.6. The minimum Gasteiger partial charge on any atom is -0.319 e. The topological polar surface area (TPSA) is 29.9 Å². The largest absolute Gasteiger partial charge is 0.319 e. The Morgan fingerprint density at radius 1 is 1.35 bits per heavy atom. The first-order valence-corrected chi connectivity index (χ1v) is 6.45. The van der Waals surface area contributed by atoms with E-state index < -0.39 is 0 Å². The first-order chi connectivity index (χ1) is 8.20. The lowest BCUT2D eigenvalue weighted by molar-refractivity contribution is 0.677. The molecule has 1 unspecified atom stereocenters. The first-order valence-electron chi connectivity index (χ1n) is 5.66. The molecule has 0 saturated heterocycles. The molecule has 0 bridgehead atoms. The number of benzene rings is 1. The Balaban J connectivity index is 2.20. The number of hydrogen-bond acceptors (Lipinski definition) is 2. The van der Waals surface area contributed by atoms with Gasteiger partial charge < -0.3 is 5.32 Å². The summed E-state index contributed by atoms with van der Waals surface area (Å²) in [5, 5.41) is 7.57. The van der Waals surface area contributed by atoms with E-state index in [0.29, 0.717) is 5.92 Å². The van der Waals surface area contributed by atoms with Crippen molar-refractivity contribution in [3.63, 3.8) is 0 Å². The van der Waals surface area contributed by atoms with Crippen molar-refractivity contribution < 1.29 is 0 Å². The zero-order valence-corrected chi connectivity index (χ0v) is 11.6. The lowest BCUT2D eigenvalue weighted by Gasteiger charge is -2.07. The Labute approximate surface area is 110 Å². The van der Waals surface area contributed by atoms with Crippen molar-refractivity contribution >= 4 is 15.9 Å². The van der Waals surface area contributed by atoms with Crippen LogP contribution in [0.25, 0.3) is 5.69 Å². The van der Waals surface area contributed by atoms with E-state index in [-0.39, 0.29) is 0 Å². The van der Waals surface area contributed by atoms with Crippen molar-refractivity contribution in [3.8, 4) is 5.69 Å². The summed E-state index contributed by atoms with van der Waals surface area (Å²) in [7, 11) is 1.97. The van der Waals surface area contributed by atoms with E-state index in [1.165, 1.54) is 5.56 Å². The van der Waals surface area contributed by atoms with Gasteiger partial charge in [-0.05, 0) is 42.8 Å². The Morgan fingerprint density at radius 3 is 2.71 bits per heavy atom. The summed E-state index contributed by atoms with van der Waals surface area (Å²) >= 11 is 3.43. The number of likely N-dealkylation sites (N-methyl/N-ethyl adjacent to an activating group) is 1. The van der Waals surface area contributed by atoms with Crippen LogP contribution in [0.4, 0.5) is 0 Å². The molecule has 2 aromatic rings. The van der Waals surface area contributed by atoms with E-state index >= 15 is 0 Å². The molecule has 1 atom stereocenters. The molecule has 0 fully saturated rings. The van der Waals surface area contributed by atoms with Gasteiger partial charge in [-0.15, -0.1) is 0 Å². The van der Waals surface area contributed by atoms with Gasteiger partial charge >= 0.3 is 0 Å². The molecule has 0 aliphatic rings. The van der Waals surface area contributed by atoms with Crippen LogP contribution in [-0.4, -0.2) is 23.4 Å². The molecule has 2 rings (SSSR count). The van der Waals surface area contributed by atoms with Crippen LogP contribution in [0.5, 0.6) is 0 Å². The van der Waals surface area contributed by atoms with Crippen LogP contribution < -0.4 is 5.32 Å². The van der Waals surface area contributed by atoms with Crippen LogP contribution in [-0.2, 0) is 0 Å².